The summed E-state index contributed by atoms with van der Waals surface area (Å²) in [5, 5.41) is 16.6. The van der Waals surface area contributed by atoms with Crippen LogP contribution in [-0.4, -0.2) is 33.7 Å². The fourth-order valence-corrected chi connectivity index (χ4v) is 3.22. The molecular formula is C16H26N6. The molecule has 0 fully saturated rings. The third kappa shape index (κ3) is 2.58. The van der Waals surface area contributed by atoms with Gasteiger partial charge in [0.05, 0.1) is 12.2 Å². The minimum Gasteiger partial charge on any atom is -0.342 e. The van der Waals surface area contributed by atoms with Crippen molar-refractivity contribution in [2.24, 2.45) is 0 Å². The maximum absolute atomic E-state index is 8.58. The molecule has 6 nitrogen and oxygen atoms in total. The van der Waals surface area contributed by atoms with E-state index in [1.165, 1.54) is 0 Å². The van der Waals surface area contributed by atoms with Crippen molar-refractivity contribution in [2.45, 2.75) is 66.0 Å². The number of nitrogens with one attached hydrogen (secondary N) is 2. The van der Waals surface area contributed by atoms with Crippen LogP contribution >= 0.6 is 0 Å². The number of anilines is 2. The Morgan fingerprint density at radius 2 is 1.95 bits per heavy atom. The Balaban J connectivity index is 2.67. The summed E-state index contributed by atoms with van der Waals surface area (Å²) in [5.41, 5.74) is 0.750. The molecule has 120 valence electrons. The van der Waals surface area contributed by atoms with E-state index in [1.54, 1.807) is 18.0 Å². The van der Waals surface area contributed by atoms with E-state index in [9.17, 15) is 0 Å². The minimum absolute atomic E-state index is 0.0491. The Morgan fingerprint density at radius 1 is 1.32 bits per heavy atom. The average Bonchev–Trinajstić information content (AvgIpc) is 2.48. The number of amidine groups is 2. The van der Waals surface area contributed by atoms with Crippen LogP contribution in [0.2, 0.25) is 0 Å². The van der Waals surface area contributed by atoms with Crippen LogP contribution in [0, 0.1) is 17.7 Å². The maximum atomic E-state index is 8.58. The predicted molar refractivity (Wildman–Crippen MR) is 91.3 cm³/mol. The molecule has 0 saturated carbocycles. The second kappa shape index (κ2) is 6.42. The van der Waals surface area contributed by atoms with Crippen molar-refractivity contribution < 1.29 is 0 Å². The number of hydrogen-bond acceptors (Lipinski definition) is 5. The first-order valence-electron chi connectivity index (χ1n) is 8.01. The van der Waals surface area contributed by atoms with Crippen LogP contribution in [0.1, 0.15) is 52.8 Å². The molecule has 0 saturated heterocycles. The zero-order valence-electron chi connectivity index (χ0n) is 14.1. The number of hydrogen-bond donors (Lipinski definition) is 2. The van der Waals surface area contributed by atoms with Crippen molar-refractivity contribution in [1.29, 1.82) is 10.8 Å². The Labute approximate surface area is 132 Å². The third-order valence-corrected chi connectivity index (χ3v) is 4.31. The van der Waals surface area contributed by atoms with E-state index in [1.807, 2.05) is 6.92 Å². The van der Waals surface area contributed by atoms with Crippen LogP contribution in [0.5, 0.6) is 0 Å². The van der Waals surface area contributed by atoms with E-state index < -0.39 is 0 Å². The van der Waals surface area contributed by atoms with E-state index in [2.05, 4.69) is 35.6 Å². The van der Waals surface area contributed by atoms with E-state index in [0.29, 0.717) is 17.7 Å². The van der Waals surface area contributed by atoms with Gasteiger partial charge in [-0.1, -0.05) is 20.8 Å². The van der Waals surface area contributed by atoms with Gasteiger partial charge in [0, 0.05) is 6.04 Å². The first-order valence-corrected chi connectivity index (χ1v) is 8.01. The number of fused-ring (bicyclic) bond motifs is 1. The van der Waals surface area contributed by atoms with Crippen molar-refractivity contribution >= 4 is 23.2 Å². The quantitative estimate of drug-likeness (QED) is 0.660. The van der Waals surface area contributed by atoms with Gasteiger partial charge in [-0.3, -0.25) is 15.7 Å². The molecule has 1 aliphatic rings. The van der Waals surface area contributed by atoms with Crippen molar-refractivity contribution in [3.05, 3.63) is 12.0 Å². The van der Waals surface area contributed by atoms with Gasteiger partial charge < -0.3 is 4.90 Å². The van der Waals surface area contributed by atoms with E-state index in [4.69, 9.17) is 10.8 Å². The fourth-order valence-electron chi connectivity index (χ4n) is 3.22. The summed E-state index contributed by atoms with van der Waals surface area (Å²) >= 11 is 0. The lowest BCUT2D eigenvalue weighted by atomic mass is 10.0. The van der Waals surface area contributed by atoms with Gasteiger partial charge >= 0.3 is 0 Å². The first kappa shape index (κ1) is 16.4. The highest BCUT2D eigenvalue weighted by atomic mass is 15.4. The Bertz CT molecular complexity index is 578. The number of rotatable bonds is 4. The van der Waals surface area contributed by atoms with Gasteiger partial charge in [-0.25, -0.2) is 9.97 Å². The number of nitrogens with zero attached hydrogens (tertiary/aromatic N) is 4. The van der Waals surface area contributed by atoms with Crippen molar-refractivity contribution in [3.63, 3.8) is 0 Å². The van der Waals surface area contributed by atoms with Crippen LogP contribution in [0.15, 0.2) is 6.20 Å². The second-order valence-corrected chi connectivity index (χ2v) is 5.73. The van der Waals surface area contributed by atoms with E-state index in [0.717, 1.165) is 36.6 Å². The highest BCUT2D eigenvalue weighted by Gasteiger charge is 2.39. The lowest BCUT2D eigenvalue weighted by Crippen LogP contribution is -2.57. The Kier molecular flexibility index (Phi) is 4.78. The van der Waals surface area contributed by atoms with Crippen LogP contribution in [0.3, 0.4) is 0 Å². The smallest absolute Gasteiger partial charge is 0.157 e. The van der Waals surface area contributed by atoms with Gasteiger partial charge in [-0.2, -0.15) is 0 Å². The highest BCUT2D eigenvalue weighted by Crippen LogP contribution is 2.37. The Morgan fingerprint density at radius 3 is 2.45 bits per heavy atom. The van der Waals surface area contributed by atoms with Crippen molar-refractivity contribution in [2.75, 3.05) is 9.80 Å². The summed E-state index contributed by atoms with van der Waals surface area (Å²) < 4.78 is 0. The summed E-state index contributed by atoms with van der Waals surface area (Å²) in [6.07, 6.45) is 4.58. The molecule has 0 radical (unpaired) electrons. The van der Waals surface area contributed by atoms with Crippen LogP contribution < -0.4 is 9.80 Å². The number of aromatic nitrogens is 2. The standard InChI is InChI=1S/C16H26N6/c1-6-12(7-2)22-13(8-3)15(18)21(10(4)17)14-9-19-11(5)20-16(14)22/h9,12-13,17-18H,6-8H2,1-5H3/t13-/m1/s1. The molecule has 0 bridgehead atoms. The summed E-state index contributed by atoms with van der Waals surface area (Å²) in [6, 6.07) is 0.290. The Hall–Kier alpha value is -1.98. The minimum atomic E-state index is -0.0491. The molecule has 1 atom stereocenters. The molecule has 0 unspecified atom stereocenters. The molecular weight excluding hydrogens is 276 g/mol. The van der Waals surface area contributed by atoms with Crippen LogP contribution in [0.4, 0.5) is 11.5 Å². The van der Waals surface area contributed by atoms with E-state index in [-0.39, 0.29) is 6.04 Å². The maximum Gasteiger partial charge on any atom is 0.157 e. The predicted octanol–water partition coefficient (Wildman–Crippen LogP) is 3.35. The molecule has 0 aliphatic carbocycles. The lowest BCUT2D eigenvalue weighted by molar-refractivity contribution is 0.511. The molecule has 2 N–H and O–H groups in total. The molecule has 1 aliphatic heterocycles. The van der Waals surface area contributed by atoms with Crippen molar-refractivity contribution in [1.82, 2.24) is 9.97 Å². The van der Waals surface area contributed by atoms with Gasteiger partial charge in [-0.15, -0.1) is 0 Å². The van der Waals surface area contributed by atoms with Crippen LogP contribution in [-0.2, 0) is 0 Å². The molecule has 0 spiro atoms. The first-order chi connectivity index (χ1) is 10.5. The third-order valence-electron chi connectivity index (χ3n) is 4.31. The fraction of sp³-hybridized carbons (Fsp3) is 0.625. The molecule has 0 aromatic carbocycles. The molecule has 6 heteroatoms. The molecule has 2 heterocycles. The normalized spacial score (nSPS) is 17.9. The molecule has 1 aromatic heterocycles. The topological polar surface area (TPSA) is 80.0 Å². The van der Waals surface area contributed by atoms with Gasteiger partial charge in [0.1, 0.15) is 23.2 Å². The van der Waals surface area contributed by atoms with Gasteiger partial charge in [0.15, 0.2) is 5.82 Å². The summed E-state index contributed by atoms with van der Waals surface area (Å²) in [6.45, 7) is 10.0. The molecule has 1 aromatic rings. The lowest BCUT2D eigenvalue weighted by Gasteiger charge is -2.46. The SMILES string of the molecule is CCC(CC)N1c2nc(C)ncc2N(C(C)=N)C(=N)[C@H]1CC. The van der Waals surface area contributed by atoms with E-state index >= 15 is 0 Å². The molecule has 22 heavy (non-hydrogen) atoms. The largest absolute Gasteiger partial charge is 0.342 e. The van der Waals surface area contributed by atoms with Crippen molar-refractivity contribution in [3.8, 4) is 0 Å². The summed E-state index contributed by atoms with van der Waals surface area (Å²) in [4.78, 5) is 12.9. The van der Waals surface area contributed by atoms with Gasteiger partial charge in [-0.05, 0) is 33.1 Å². The number of aryl methyl sites for hydroxylation is 1. The molecule has 2 rings (SSSR count). The molecule has 0 amide bonds. The second-order valence-electron chi connectivity index (χ2n) is 5.73. The van der Waals surface area contributed by atoms with Gasteiger partial charge in [0.2, 0.25) is 0 Å². The van der Waals surface area contributed by atoms with Crippen LogP contribution in [0.25, 0.3) is 0 Å². The average molecular weight is 302 g/mol. The zero-order valence-corrected chi connectivity index (χ0v) is 14.1. The zero-order chi connectivity index (χ0) is 16.4. The highest BCUT2D eigenvalue weighted by molar-refractivity contribution is 6.21. The summed E-state index contributed by atoms with van der Waals surface area (Å²) in [5.74, 6) is 2.36. The monoisotopic (exact) mass is 302 g/mol. The van der Waals surface area contributed by atoms with Gasteiger partial charge in [0.25, 0.3) is 0 Å². The summed E-state index contributed by atoms with van der Waals surface area (Å²) in [7, 11) is 0.